The van der Waals surface area contributed by atoms with Crippen LogP contribution in [0.3, 0.4) is 0 Å². The maximum Gasteiger partial charge on any atom is 0.251 e. The third kappa shape index (κ3) is 9.23. The van der Waals surface area contributed by atoms with Crippen LogP contribution in [0.4, 0.5) is 5.69 Å². The number of imidazole rings is 1. The van der Waals surface area contributed by atoms with Crippen molar-refractivity contribution in [3.05, 3.63) is 97.8 Å². The van der Waals surface area contributed by atoms with Crippen LogP contribution in [-0.2, 0) is 20.9 Å². The Kier molecular flexibility index (Phi) is 13.9. The molecule has 0 saturated carbocycles. The minimum atomic E-state index is -0.456. The predicted molar refractivity (Wildman–Crippen MR) is 186 cm³/mol. The number of amides is 3. The van der Waals surface area contributed by atoms with E-state index in [0.717, 1.165) is 22.3 Å². The van der Waals surface area contributed by atoms with Crippen molar-refractivity contribution in [2.45, 2.75) is 20.0 Å². The molecular formula is C32H33BrCl3N5O5. The molecule has 0 radical (unpaired) electrons. The van der Waals surface area contributed by atoms with Gasteiger partial charge in [-0.15, -0.1) is 12.4 Å². The number of aromatic nitrogens is 2. The van der Waals surface area contributed by atoms with Gasteiger partial charge in [0, 0.05) is 55.7 Å². The number of methoxy groups -OCH3 is 1. The predicted octanol–water partition coefficient (Wildman–Crippen LogP) is 6.27. The maximum absolute atomic E-state index is 12.9. The molecule has 4 rings (SSSR count). The molecule has 4 aromatic rings. The number of carbonyl (C=O) groups excluding carboxylic acids is 3. The highest BCUT2D eigenvalue weighted by Crippen LogP contribution is 2.35. The van der Waals surface area contributed by atoms with Crippen LogP contribution in [-0.4, -0.2) is 61.0 Å². The fraction of sp³-hybridized carbons (Fsp3) is 0.250. The number of halogens is 4. The first-order valence-corrected chi connectivity index (χ1v) is 15.5. The molecule has 14 heteroatoms. The molecule has 10 nitrogen and oxygen atoms in total. The van der Waals surface area contributed by atoms with Crippen LogP contribution >= 0.6 is 51.5 Å². The van der Waals surface area contributed by atoms with Crippen molar-refractivity contribution < 1.29 is 23.9 Å². The van der Waals surface area contributed by atoms with Crippen molar-refractivity contribution in [3.8, 4) is 5.75 Å². The quantitative estimate of drug-likeness (QED) is 0.123. The maximum atomic E-state index is 12.9. The molecule has 2 aromatic heterocycles. The zero-order valence-electron chi connectivity index (χ0n) is 25.3. The van der Waals surface area contributed by atoms with Crippen molar-refractivity contribution in [2.24, 2.45) is 0 Å². The van der Waals surface area contributed by atoms with E-state index in [1.165, 1.54) is 11.0 Å². The van der Waals surface area contributed by atoms with E-state index >= 15 is 0 Å². The Labute approximate surface area is 291 Å². The van der Waals surface area contributed by atoms with Crippen LogP contribution in [0.15, 0.2) is 65.4 Å². The summed E-state index contributed by atoms with van der Waals surface area (Å²) in [5, 5.41) is 6.04. The number of hydrogen-bond acceptors (Lipinski definition) is 6. The second-order valence-electron chi connectivity index (χ2n) is 9.93. The normalized spacial score (nSPS) is 10.9. The highest BCUT2D eigenvalue weighted by molar-refractivity contribution is 9.10. The number of benzene rings is 2. The molecule has 0 fully saturated rings. The van der Waals surface area contributed by atoms with Crippen molar-refractivity contribution in [2.75, 3.05) is 38.8 Å². The van der Waals surface area contributed by atoms with E-state index in [1.54, 1.807) is 62.7 Å². The summed E-state index contributed by atoms with van der Waals surface area (Å²) in [6.45, 7) is 2.76. The molecule has 0 atom stereocenters. The van der Waals surface area contributed by atoms with Gasteiger partial charge in [0.05, 0.1) is 22.9 Å². The van der Waals surface area contributed by atoms with Gasteiger partial charge in [-0.3, -0.25) is 18.8 Å². The number of rotatable bonds is 13. The van der Waals surface area contributed by atoms with Crippen LogP contribution in [0.2, 0.25) is 10.0 Å². The van der Waals surface area contributed by atoms with E-state index in [2.05, 4.69) is 31.5 Å². The van der Waals surface area contributed by atoms with E-state index in [4.69, 9.17) is 32.7 Å². The largest absolute Gasteiger partial charge is 0.485 e. The zero-order valence-corrected chi connectivity index (χ0v) is 29.2. The van der Waals surface area contributed by atoms with Crippen molar-refractivity contribution in [3.63, 3.8) is 0 Å². The number of aryl methyl sites for hydroxylation is 1. The molecular weight excluding hydrogens is 721 g/mol. The molecule has 46 heavy (non-hydrogen) atoms. The molecule has 0 aliphatic carbocycles. The zero-order chi connectivity index (χ0) is 32.5. The fourth-order valence-corrected chi connectivity index (χ4v) is 5.26. The minimum Gasteiger partial charge on any atom is -0.485 e. The molecule has 0 aliphatic rings. The van der Waals surface area contributed by atoms with Gasteiger partial charge in [0.2, 0.25) is 11.8 Å². The number of anilines is 1. The van der Waals surface area contributed by atoms with Crippen LogP contribution in [0.25, 0.3) is 11.7 Å². The van der Waals surface area contributed by atoms with Crippen molar-refractivity contribution in [1.82, 2.24) is 20.0 Å². The van der Waals surface area contributed by atoms with Gasteiger partial charge in [0.15, 0.2) is 11.4 Å². The van der Waals surface area contributed by atoms with Gasteiger partial charge >= 0.3 is 0 Å². The van der Waals surface area contributed by atoms with Crippen LogP contribution < -0.4 is 20.3 Å². The third-order valence-corrected chi connectivity index (χ3v) is 8.54. The average molecular weight is 754 g/mol. The standard InChI is InChI=1S/C32H32BrCl2N5O5.ClH/c1-20-30(33)40-16-4-6-26(31(40)38-20)45-19-23-24(34)12-13-25(29(23)35)39(2)28(42)18-37-27(41)14-9-21-7-10-22(11-8-21)32(43)36-15-5-17-44-3;/h4,6-14,16H,5,15,17-19H2,1-3H3,(H,36,43)(H,37,41);1H/b14-9+;. The number of nitrogens with zero attached hydrogens (tertiary/aromatic N) is 3. The summed E-state index contributed by atoms with van der Waals surface area (Å²) in [6, 6.07) is 13.7. The topological polar surface area (TPSA) is 114 Å². The highest BCUT2D eigenvalue weighted by Gasteiger charge is 2.20. The summed E-state index contributed by atoms with van der Waals surface area (Å²) in [7, 11) is 3.17. The smallest absolute Gasteiger partial charge is 0.251 e. The van der Waals surface area contributed by atoms with Gasteiger partial charge in [-0.25, -0.2) is 4.98 Å². The summed E-state index contributed by atoms with van der Waals surface area (Å²) in [5.41, 5.74) is 3.60. The lowest BCUT2D eigenvalue weighted by molar-refractivity contribution is -0.122. The highest BCUT2D eigenvalue weighted by atomic mass is 79.9. The lowest BCUT2D eigenvalue weighted by atomic mass is 10.1. The average Bonchev–Trinajstić information content (AvgIpc) is 3.34. The molecule has 0 unspecified atom stereocenters. The lowest BCUT2D eigenvalue weighted by Crippen LogP contribution is -2.37. The number of likely N-dealkylation sites (N-methyl/N-ethyl adjacent to an activating group) is 1. The monoisotopic (exact) mass is 751 g/mol. The minimum absolute atomic E-state index is 0. The molecule has 3 amide bonds. The number of carbonyl (C=O) groups is 3. The Balaban J connectivity index is 0.00000576. The van der Waals surface area contributed by atoms with Gasteiger partial charge in [0.25, 0.3) is 5.91 Å². The summed E-state index contributed by atoms with van der Waals surface area (Å²) in [6.07, 6.45) is 5.50. The van der Waals surface area contributed by atoms with Crippen LogP contribution in [0, 0.1) is 6.92 Å². The first kappa shape index (κ1) is 36.9. The molecule has 2 aromatic carbocycles. The third-order valence-electron chi connectivity index (χ3n) is 6.81. The van der Waals surface area contributed by atoms with E-state index in [0.29, 0.717) is 46.4 Å². The number of fused-ring (bicyclic) bond motifs is 1. The number of pyridine rings is 1. The number of nitrogens with one attached hydrogen (secondary N) is 2. The Bertz CT molecular complexity index is 1730. The molecule has 2 heterocycles. The van der Waals surface area contributed by atoms with Gasteiger partial charge in [-0.05, 0) is 77.3 Å². The number of ether oxygens (including phenoxy) is 2. The van der Waals surface area contributed by atoms with Gasteiger partial charge in [0.1, 0.15) is 11.2 Å². The molecule has 0 saturated heterocycles. The molecule has 0 aliphatic heterocycles. The first-order valence-electron chi connectivity index (χ1n) is 13.9. The van der Waals surface area contributed by atoms with E-state index in [9.17, 15) is 14.4 Å². The Morgan fingerprint density at radius 1 is 1.09 bits per heavy atom. The lowest BCUT2D eigenvalue weighted by Gasteiger charge is -2.21. The van der Waals surface area contributed by atoms with Crippen molar-refractivity contribution >= 4 is 86.7 Å². The van der Waals surface area contributed by atoms with Gasteiger partial charge in [-0.2, -0.15) is 0 Å². The molecule has 244 valence electrons. The summed E-state index contributed by atoms with van der Waals surface area (Å²) >= 11 is 16.7. The van der Waals surface area contributed by atoms with Crippen LogP contribution in [0.5, 0.6) is 5.75 Å². The molecule has 2 N–H and O–H groups in total. The SMILES string of the molecule is COCCCNC(=O)c1ccc(/C=C/C(=O)NCC(=O)N(C)c2ccc(Cl)c(COc3cccn4c(Br)c(C)nc34)c2Cl)cc1.Cl. The van der Waals surface area contributed by atoms with Gasteiger partial charge < -0.3 is 25.0 Å². The summed E-state index contributed by atoms with van der Waals surface area (Å²) in [4.78, 5) is 43.5. The van der Waals surface area contributed by atoms with E-state index in [1.807, 2.05) is 23.6 Å². The van der Waals surface area contributed by atoms with Crippen molar-refractivity contribution in [1.29, 1.82) is 0 Å². The van der Waals surface area contributed by atoms with Gasteiger partial charge in [-0.1, -0.05) is 35.3 Å². The molecule has 0 bridgehead atoms. The second kappa shape index (κ2) is 17.3. The molecule has 0 spiro atoms. The Morgan fingerprint density at radius 3 is 2.54 bits per heavy atom. The second-order valence-corrected chi connectivity index (χ2v) is 11.5. The fourth-order valence-electron chi connectivity index (χ4n) is 4.28. The van der Waals surface area contributed by atoms with E-state index < -0.39 is 11.8 Å². The Hall–Kier alpha value is -3.61. The summed E-state index contributed by atoms with van der Waals surface area (Å²) < 4.78 is 13.7. The Morgan fingerprint density at radius 2 is 1.83 bits per heavy atom. The number of hydrogen-bond donors (Lipinski definition) is 2. The van der Waals surface area contributed by atoms with E-state index in [-0.39, 0.29) is 36.5 Å². The van der Waals surface area contributed by atoms with Crippen LogP contribution in [0.1, 0.15) is 33.6 Å². The first-order chi connectivity index (χ1) is 21.6. The summed E-state index contributed by atoms with van der Waals surface area (Å²) in [5.74, 6) is -0.490.